The second kappa shape index (κ2) is 10.7. The summed E-state index contributed by atoms with van der Waals surface area (Å²) in [5, 5.41) is 11.5. The lowest BCUT2D eigenvalue weighted by atomic mass is 9.95. The van der Waals surface area contributed by atoms with Gasteiger partial charge in [0.1, 0.15) is 23.9 Å². The first kappa shape index (κ1) is 24.4. The van der Waals surface area contributed by atoms with Crippen molar-refractivity contribution in [2.24, 2.45) is 0 Å². The summed E-state index contributed by atoms with van der Waals surface area (Å²) in [6.07, 6.45) is 0. The van der Waals surface area contributed by atoms with Gasteiger partial charge >= 0.3 is 0 Å². The Morgan fingerprint density at radius 2 is 1.66 bits per heavy atom. The van der Waals surface area contributed by atoms with Crippen LogP contribution < -0.4 is 4.74 Å². The van der Waals surface area contributed by atoms with Crippen molar-refractivity contribution in [1.29, 1.82) is 0 Å². The quantitative estimate of drug-likeness (QED) is 0.266. The van der Waals surface area contributed by atoms with Gasteiger partial charge in [-0.3, -0.25) is 9.59 Å². The number of ether oxygens (including phenoxy) is 2. The zero-order valence-electron chi connectivity index (χ0n) is 18.9. The molecule has 1 heterocycles. The minimum Gasteiger partial charge on any atom is -0.507 e. The van der Waals surface area contributed by atoms with Gasteiger partial charge in [-0.1, -0.05) is 35.9 Å². The van der Waals surface area contributed by atoms with Gasteiger partial charge in [-0.2, -0.15) is 0 Å². The molecular formula is C27H23ClFNO5. The van der Waals surface area contributed by atoms with E-state index in [0.717, 1.165) is 5.56 Å². The molecule has 0 bridgehead atoms. The number of hydrogen-bond acceptors (Lipinski definition) is 5. The summed E-state index contributed by atoms with van der Waals surface area (Å²) in [6.45, 7) is 0.651. The van der Waals surface area contributed by atoms with E-state index in [4.69, 9.17) is 21.1 Å². The Labute approximate surface area is 207 Å². The normalized spacial score (nSPS) is 17.1. The lowest BCUT2D eigenvalue weighted by molar-refractivity contribution is -0.140. The zero-order chi connectivity index (χ0) is 24.9. The van der Waals surface area contributed by atoms with Gasteiger partial charge in [0.15, 0.2) is 0 Å². The van der Waals surface area contributed by atoms with Crippen molar-refractivity contribution < 1.29 is 28.6 Å². The Balaban J connectivity index is 1.65. The first-order chi connectivity index (χ1) is 16.9. The van der Waals surface area contributed by atoms with Crippen LogP contribution in [0.1, 0.15) is 22.7 Å². The first-order valence-electron chi connectivity index (χ1n) is 10.9. The van der Waals surface area contributed by atoms with E-state index in [9.17, 15) is 19.1 Å². The highest BCUT2D eigenvalue weighted by Gasteiger charge is 2.45. The molecule has 0 radical (unpaired) electrons. The molecule has 1 amide bonds. The number of nitrogens with zero attached hydrogens (tertiary/aromatic N) is 1. The summed E-state index contributed by atoms with van der Waals surface area (Å²) in [6, 6.07) is 18.5. The molecule has 1 fully saturated rings. The summed E-state index contributed by atoms with van der Waals surface area (Å²) in [7, 11) is 1.51. The number of aliphatic hydroxyl groups is 1. The SMILES string of the molecule is COCCN1C(=O)C(=O)/C(=C(\O)c2ccc(Cl)cc2)C1c1ccc(OCc2ccc(F)cc2)cc1. The highest BCUT2D eigenvalue weighted by molar-refractivity contribution is 6.46. The molecule has 1 aliphatic heterocycles. The molecule has 1 unspecified atom stereocenters. The molecular weight excluding hydrogens is 473 g/mol. The van der Waals surface area contributed by atoms with Crippen molar-refractivity contribution in [2.45, 2.75) is 12.6 Å². The van der Waals surface area contributed by atoms with Gasteiger partial charge in [-0.25, -0.2) is 4.39 Å². The molecule has 1 saturated heterocycles. The molecule has 35 heavy (non-hydrogen) atoms. The highest BCUT2D eigenvalue weighted by atomic mass is 35.5. The van der Waals surface area contributed by atoms with E-state index >= 15 is 0 Å². The number of benzene rings is 3. The minimum atomic E-state index is -0.799. The van der Waals surface area contributed by atoms with Crippen molar-refractivity contribution >= 4 is 29.1 Å². The van der Waals surface area contributed by atoms with Gasteiger partial charge in [0.25, 0.3) is 11.7 Å². The van der Waals surface area contributed by atoms with Crippen LogP contribution in [0.25, 0.3) is 5.76 Å². The maximum absolute atomic E-state index is 13.1. The Hall–Kier alpha value is -3.68. The number of amides is 1. The molecule has 6 nitrogen and oxygen atoms in total. The van der Waals surface area contributed by atoms with E-state index in [1.165, 1.54) is 24.1 Å². The molecule has 180 valence electrons. The zero-order valence-corrected chi connectivity index (χ0v) is 19.7. The van der Waals surface area contributed by atoms with Crippen molar-refractivity contribution in [2.75, 3.05) is 20.3 Å². The lowest BCUT2D eigenvalue weighted by Crippen LogP contribution is -2.32. The van der Waals surface area contributed by atoms with Gasteiger partial charge in [0, 0.05) is 24.2 Å². The van der Waals surface area contributed by atoms with Crippen LogP contribution in [0.15, 0.2) is 78.4 Å². The average Bonchev–Trinajstić information content (AvgIpc) is 3.12. The summed E-state index contributed by atoms with van der Waals surface area (Å²) >= 11 is 5.95. The van der Waals surface area contributed by atoms with Crippen LogP contribution in [0.4, 0.5) is 4.39 Å². The molecule has 0 saturated carbocycles. The number of Topliss-reactive ketones (excluding diaryl/α,β-unsaturated/α-hetero) is 1. The second-order valence-electron chi connectivity index (χ2n) is 7.98. The summed E-state index contributed by atoms with van der Waals surface area (Å²) in [4.78, 5) is 27.2. The number of ketones is 1. The maximum Gasteiger partial charge on any atom is 0.295 e. The van der Waals surface area contributed by atoms with E-state index < -0.39 is 17.7 Å². The number of halogens is 2. The van der Waals surface area contributed by atoms with E-state index in [1.807, 2.05) is 0 Å². The molecule has 3 aromatic carbocycles. The fraction of sp³-hybridized carbons (Fsp3) is 0.185. The van der Waals surface area contributed by atoms with Crippen molar-refractivity contribution in [1.82, 2.24) is 4.90 Å². The molecule has 4 rings (SSSR count). The Morgan fingerprint density at radius 3 is 2.29 bits per heavy atom. The van der Waals surface area contributed by atoms with Crippen LogP contribution in [0.3, 0.4) is 0 Å². The fourth-order valence-electron chi connectivity index (χ4n) is 3.90. The fourth-order valence-corrected chi connectivity index (χ4v) is 4.03. The smallest absolute Gasteiger partial charge is 0.295 e. The molecule has 8 heteroatoms. The first-order valence-corrected chi connectivity index (χ1v) is 11.3. The molecule has 3 aromatic rings. The van der Waals surface area contributed by atoms with E-state index in [2.05, 4.69) is 0 Å². The molecule has 1 aliphatic rings. The molecule has 0 spiro atoms. The summed E-state index contributed by atoms with van der Waals surface area (Å²) in [5.74, 6) is -1.51. The third-order valence-corrected chi connectivity index (χ3v) is 5.96. The molecule has 1 N–H and O–H groups in total. The number of hydrogen-bond donors (Lipinski definition) is 1. The third-order valence-electron chi connectivity index (χ3n) is 5.71. The van der Waals surface area contributed by atoms with Crippen LogP contribution >= 0.6 is 11.6 Å². The van der Waals surface area contributed by atoms with Crippen LogP contribution in [0.2, 0.25) is 5.02 Å². The Kier molecular flexibility index (Phi) is 7.48. The maximum atomic E-state index is 13.1. The summed E-state index contributed by atoms with van der Waals surface area (Å²) < 4.78 is 24.0. The molecule has 0 aromatic heterocycles. The minimum absolute atomic E-state index is 0.00611. The lowest BCUT2D eigenvalue weighted by Gasteiger charge is -2.25. The van der Waals surface area contributed by atoms with Crippen LogP contribution in [-0.4, -0.2) is 42.0 Å². The Morgan fingerprint density at radius 1 is 1.00 bits per heavy atom. The van der Waals surface area contributed by atoms with Crippen LogP contribution in [0.5, 0.6) is 5.75 Å². The largest absolute Gasteiger partial charge is 0.507 e. The van der Waals surface area contributed by atoms with Crippen molar-refractivity contribution in [3.8, 4) is 5.75 Å². The Bertz CT molecular complexity index is 1240. The molecule has 0 aliphatic carbocycles. The summed E-state index contributed by atoms with van der Waals surface area (Å²) in [5.41, 5.74) is 1.81. The predicted octanol–water partition coefficient (Wildman–Crippen LogP) is 5.13. The third kappa shape index (κ3) is 5.37. The van der Waals surface area contributed by atoms with E-state index in [0.29, 0.717) is 21.9 Å². The van der Waals surface area contributed by atoms with Gasteiger partial charge in [-0.15, -0.1) is 0 Å². The van der Waals surface area contributed by atoms with Gasteiger partial charge in [0.05, 0.1) is 18.2 Å². The van der Waals surface area contributed by atoms with E-state index in [1.54, 1.807) is 60.7 Å². The van der Waals surface area contributed by atoms with E-state index in [-0.39, 0.29) is 36.9 Å². The molecule has 1 atom stereocenters. The van der Waals surface area contributed by atoms with Gasteiger partial charge in [0.2, 0.25) is 0 Å². The van der Waals surface area contributed by atoms with Gasteiger partial charge < -0.3 is 19.5 Å². The second-order valence-corrected chi connectivity index (χ2v) is 8.41. The monoisotopic (exact) mass is 495 g/mol. The standard InChI is InChI=1S/C27H23ClFNO5/c1-34-15-14-30-24(23(26(32)27(30)33)25(31)19-4-8-20(28)9-5-19)18-6-12-22(13-7-18)35-16-17-2-10-21(29)11-3-17/h2-13,24,31H,14-16H2,1H3/b25-23-. The number of carbonyl (C=O) groups is 2. The van der Waals surface area contributed by atoms with Gasteiger partial charge in [-0.05, 0) is 59.7 Å². The number of aliphatic hydroxyl groups excluding tert-OH is 1. The van der Waals surface area contributed by atoms with Crippen LogP contribution in [0, 0.1) is 5.82 Å². The average molecular weight is 496 g/mol. The highest BCUT2D eigenvalue weighted by Crippen LogP contribution is 2.39. The number of likely N-dealkylation sites (tertiary alicyclic amines) is 1. The number of rotatable bonds is 8. The van der Waals surface area contributed by atoms with Crippen molar-refractivity contribution in [3.05, 3.63) is 106 Å². The topological polar surface area (TPSA) is 76.1 Å². The van der Waals surface area contributed by atoms with Crippen LogP contribution in [-0.2, 0) is 20.9 Å². The predicted molar refractivity (Wildman–Crippen MR) is 130 cm³/mol. The number of methoxy groups -OCH3 is 1. The number of carbonyl (C=O) groups excluding carboxylic acids is 2. The van der Waals surface area contributed by atoms with Crippen molar-refractivity contribution in [3.63, 3.8) is 0 Å².